The molecule has 3 amide bonds. The van der Waals surface area contributed by atoms with E-state index in [0.717, 1.165) is 10.0 Å². The van der Waals surface area contributed by atoms with Gasteiger partial charge in [0.25, 0.3) is 23.4 Å². The number of ketones is 1. The van der Waals surface area contributed by atoms with Crippen LogP contribution in [-0.4, -0.2) is 54.6 Å². The van der Waals surface area contributed by atoms with E-state index in [4.69, 9.17) is 27.9 Å². The van der Waals surface area contributed by atoms with Crippen molar-refractivity contribution < 1.29 is 28.8 Å². The Labute approximate surface area is 272 Å². The molecule has 1 heterocycles. The summed E-state index contributed by atoms with van der Waals surface area (Å²) < 4.78 is 5.70. The maximum Gasteiger partial charge on any atom is 0.273 e. The number of nitro benzene ring substituents is 1. The predicted octanol–water partition coefficient (Wildman–Crippen LogP) is 6.86. The Balaban J connectivity index is 1.39. The number of hydrogen-bond acceptors (Lipinski definition) is 7. The number of benzene rings is 3. The Morgan fingerprint density at radius 3 is 1.88 bits per heavy atom. The van der Waals surface area contributed by atoms with Crippen molar-refractivity contribution >= 4 is 84.3 Å². The third kappa shape index (κ3) is 6.47. The van der Waals surface area contributed by atoms with Crippen LogP contribution in [0.5, 0.6) is 11.5 Å². The van der Waals surface area contributed by atoms with Crippen LogP contribution in [0.4, 0.5) is 5.69 Å². The summed E-state index contributed by atoms with van der Waals surface area (Å²) >= 11 is 19.3. The lowest BCUT2D eigenvalue weighted by molar-refractivity contribution is -0.384. The van der Waals surface area contributed by atoms with E-state index in [1.165, 1.54) is 66.7 Å². The maximum atomic E-state index is 13.8. The molecule has 2 fully saturated rings. The number of nitrogens with zero attached hydrogens (tertiary/aromatic N) is 3. The van der Waals surface area contributed by atoms with Crippen LogP contribution in [0.25, 0.3) is 0 Å². The summed E-state index contributed by atoms with van der Waals surface area (Å²) in [6, 6.07) is 15.6. The number of hydrogen-bond donors (Lipinski definition) is 0. The first-order chi connectivity index (χ1) is 20.4. The smallest absolute Gasteiger partial charge is 0.273 e. The second-order valence-corrected chi connectivity index (χ2v) is 13.2. The predicted molar refractivity (Wildman–Crippen MR) is 165 cm³/mol. The first-order valence-corrected chi connectivity index (χ1v) is 15.5. The quantitative estimate of drug-likeness (QED) is 0.0809. The molecule has 14 heteroatoms. The van der Waals surface area contributed by atoms with E-state index in [1.54, 1.807) is 0 Å². The fourth-order valence-electron chi connectivity index (χ4n) is 5.04. The van der Waals surface area contributed by atoms with Crippen molar-refractivity contribution in [3.63, 3.8) is 0 Å². The number of Topliss-reactive ketones (excluding diaryl/α,β-unsaturated/α-hetero) is 1. The minimum absolute atomic E-state index is 0.0428. The van der Waals surface area contributed by atoms with Crippen LogP contribution in [0, 0.1) is 22.0 Å². The van der Waals surface area contributed by atoms with Crippen LogP contribution in [0.2, 0.25) is 10.0 Å². The number of alkyl halides is 2. The van der Waals surface area contributed by atoms with Crippen molar-refractivity contribution in [2.75, 3.05) is 6.54 Å². The summed E-state index contributed by atoms with van der Waals surface area (Å²) in [7, 11) is 0. The van der Waals surface area contributed by atoms with Crippen molar-refractivity contribution in [1.29, 1.82) is 0 Å². The van der Waals surface area contributed by atoms with Crippen molar-refractivity contribution in [2.24, 2.45) is 11.8 Å². The zero-order valence-electron chi connectivity index (χ0n) is 22.0. The van der Waals surface area contributed by atoms with Gasteiger partial charge in [0.1, 0.15) is 18.0 Å². The molecule has 0 aromatic heterocycles. The third-order valence-electron chi connectivity index (χ3n) is 7.28. The Morgan fingerprint density at radius 2 is 1.37 bits per heavy atom. The normalized spacial score (nSPS) is 21.3. The van der Waals surface area contributed by atoms with Gasteiger partial charge in [-0.15, -0.1) is 0 Å². The summed E-state index contributed by atoms with van der Waals surface area (Å²) in [6.45, 7) is -0.603. The van der Waals surface area contributed by atoms with Crippen molar-refractivity contribution in [3.8, 4) is 11.5 Å². The molecular weight excluding hydrogens is 733 g/mol. The number of nitro groups is 1. The lowest BCUT2D eigenvalue weighted by Gasteiger charge is -2.30. The number of ether oxygens (including phenoxy) is 1. The molecule has 0 spiro atoms. The lowest BCUT2D eigenvalue weighted by atomic mass is 9.81. The molecule has 3 aromatic rings. The first kappa shape index (κ1) is 31.1. The van der Waals surface area contributed by atoms with Crippen LogP contribution >= 0.6 is 55.1 Å². The number of non-ortho nitro benzene ring substituents is 1. The average molecular weight is 754 g/mol. The van der Waals surface area contributed by atoms with Crippen molar-refractivity contribution in [2.45, 2.75) is 22.5 Å². The van der Waals surface area contributed by atoms with E-state index >= 15 is 0 Å². The molecule has 1 saturated carbocycles. The van der Waals surface area contributed by atoms with Gasteiger partial charge in [-0.05, 0) is 67.4 Å². The number of rotatable bonds is 8. The molecule has 222 valence electrons. The Bertz CT molecular complexity index is 1590. The van der Waals surface area contributed by atoms with E-state index in [9.17, 15) is 29.3 Å². The van der Waals surface area contributed by atoms with Crippen LogP contribution in [0.1, 0.15) is 33.6 Å². The first-order valence-electron chi connectivity index (χ1n) is 12.9. The van der Waals surface area contributed by atoms with E-state index in [-0.39, 0.29) is 36.5 Å². The molecular formula is C29H21Br2Cl2N3O7. The van der Waals surface area contributed by atoms with Gasteiger partial charge in [-0.25, -0.2) is 5.01 Å². The molecule has 4 atom stereocenters. The lowest BCUT2D eigenvalue weighted by Crippen LogP contribution is -2.52. The number of fused-ring (bicyclic) bond motifs is 1. The number of carbonyl (C=O) groups excluding carboxylic acids is 4. The van der Waals surface area contributed by atoms with Gasteiger partial charge in [0.2, 0.25) is 0 Å². The minimum atomic E-state index is -0.767. The van der Waals surface area contributed by atoms with Crippen LogP contribution in [0.3, 0.4) is 0 Å². The van der Waals surface area contributed by atoms with Gasteiger partial charge in [-0.3, -0.25) is 29.3 Å². The van der Waals surface area contributed by atoms with Gasteiger partial charge >= 0.3 is 0 Å². The van der Waals surface area contributed by atoms with Gasteiger partial charge in [-0.1, -0.05) is 55.1 Å². The van der Waals surface area contributed by atoms with Gasteiger partial charge < -0.3 is 4.74 Å². The number of halogens is 4. The molecule has 0 unspecified atom stereocenters. The third-order valence-corrected chi connectivity index (χ3v) is 10.8. The Kier molecular flexibility index (Phi) is 9.21. The highest BCUT2D eigenvalue weighted by Gasteiger charge is 2.54. The van der Waals surface area contributed by atoms with Gasteiger partial charge in [0.15, 0.2) is 5.78 Å². The average Bonchev–Trinajstić information content (AvgIpc) is 3.21. The molecule has 0 N–H and O–H groups in total. The van der Waals surface area contributed by atoms with Gasteiger partial charge in [0.05, 0.1) is 26.8 Å². The number of imide groups is 1. The van der Waals surface area contributed by atoms with E-state index < -0.39 is 46.8 Å². The summed E-state index contributed by atoms with van der Waals surface area (Å²) in [4.78, 5) is 64.6. The molecule has 5 rings (SSSR count). The largest absolute Gasteiger partial charge is 0.457 e. The Hall–Kier alpha value is -3.32. The molecule has 1 saturated heterocycles. The zero-order chi connectivity index (χ0) is 31.0. The van der Waals surface area contributed by atoms with Crippen LogP contribution < -0.4 is 4.74 Å². The minimum Gasteiger partial charge on any atom is -0.457 e. The molecule has 1 aliphatic heterocycles. The van der Waals surface area contributed by atoms with E-state index in [0.29, 0.717) is 24.3 Å². The summed E-state index contributed by atoms with van der Waals surface area (Å²) in [5, 5.41) is 12.8. The van der Waals surface area contributed by atoms with Gasteiger partial charge in [-0.2, -0.15) is 5.01 Å². The highest BCUT2D eigenvalue weighted by molar-refractivity contribution is 9.12. The molecule has 1 aliphatic carbocycles. The monoisotopic (exact) mass is 751 g/mol. The molecule has 0 bridgehead atoms. The Morgan fingerprint density at radius 1 is 0.860 bits per heavy atom. The number of hydrazine groups is 1. The SMILES string of the molecule is O=C(CN(C(=O)c1ccc(Cl)c(Cl)c1)N1C(=O)[C@H]2C[C@@H](Br)[C@@H](Br)C[C@H]2C1=O)c1ccc(Oc2ccc([N+](=O)[O-])cc2)cc1. The molecule has 10 nitrogen and oxygen atoms in total. The molecule has 0 radical (unpaired) electrons. The molecule has 2 aliphatic rings. The van der Waals surface area contributed by atoms with Crippen molar-refractivity contribution in [3.05, 3.63) is 98.0 Å². The van der Waals surface area contributed by atoms with Gasteiger partial charge in [0, 0.05) is 32.9 Å². The fourth-order valence-corrected chi connectivity index (χ4v) is 6.57. The molecule has 3 aromatic carbocycles. The zero-order valence-corrected chi connectivity index (χ0v) is 26.7. The summed E-state index contributed by atoms with van der Waals surface area (Å²) in [5.41, 5.74) is 0.156. The maximum absolute atomic E-state index is 13.8. The second kappa shape index (κ2) is 12.7. The topological polar surface area (TPSA) is 127 Å². The number of carbonyl (C=O) groups is 4. The highest BCUT2D eigenvalue weighted by atomic mass is 79.9. The number of amides is 3. The summed E-state index contributed by atoms with van der Waals surface area (Å²) in [5.74, 6) is -2.97. The van der Waals surface area contributed by atoms with E-state index in [2.05, 4.69) is 31.9 Å². The highest BCUT2D eigenvalue weighted by Crippen LogP contribution is 2.44. The summed E-state index contributed by atoms with van der Waals surface area (Å²) in [6.07, 6.45) is 0.779. The molecule has 43 heavy (non-hydrogen) atoms. The van der Waals surface area contributed by atoms with Crippen LogP contribution in [0.15, 0.2) is 66.7 Å². The standard InChI is InChI=1S/C29H21Br2Cl2N3O7/c30-22-12-20-21(13-23(22)31)29(40)35(28(20)39)34(27(38)16-3-10-24(32)25(33)11-16)14-26(37)15-1-6-18(7-2-15)43-19-8-4-17(5-9-19)36(41)42/h1-11,20-23H,12-14H2/t20-,21+,22+,23-. The second-order valence-electron chi connectivity index (χ2n) is 10.00. The van der Waals surface area contributed by atoms with E-state index in [1.807, 2.05) is 0 Å². The van der Waals surface area contributed by atoms with Crippen molar-refractivity contribution in [1.82, 2.24) is 10.0 Å². The fraction of sp³-hybridized carbons (Fsp3) is 0.241. The van der Waals surface area contributed by atoms with Crippen LogP contribution in [-0.2, 0) is 9.59 Å².